The van der Waals surface area contributed by atoms with Crippen molar-refractivity contribution in [2.45, 2.75) is 25.3 Å². The Balaban J connectivity index is 1.31. The monoisotopic (exact) mass is 407 g/mol. The third kappa shape index (κ3) is 3.18. The number of methoxy groups -OCH3 is 1. The molecule has 3 aliphatic rings. The first-order valence-electron chi connectivity index (χ1n) is 10.5. The number of anilines is 1. The number of nitrogens with zero attached hydrogens (tertiary/aromatic N) is 3. The van der Waals surface area contributed by atoms with Crippen LogP contribution in [-0.2, 0) is 16.1 Å². The van der Waals surface area contributed by atoms with Crippen LogP contribution in [0.3, 0.4) is 0 Å². The lowest BCUT2D eigenvalue weighted by Gasteiger charge is -2.43. The number of ether oxygens (including phenoxy) is 1. The average molecular weight is 407 g/mol. The van der Waals surface area contributed by atoms with Gasteiger partial charge in [-0.1, -0.05) is 6.07 Å². The predicted octanol–water partition coefficient (Wildman–Crippen LogP) is 1.86. The molecule has 7 heteroatoms. The Hall–Kier alpha value is -3.09. The van der Waals surface area contributed by atoms with E-state index in [-0.39, 0.29) is 41.5 Å². The van der Waals surface area contributed by atoms with Crippen LogP contribution in [0.2, 0.25) is 0 Å². The molecule has 1 aromatic carbocycles. The first kappa shape index (κ1) is 18.9. The molecule has 156 valence electrons. The molecule has 2 fully saturated rings. The molecule has 2 bridgehead atoms. The van der Waals surface area contributed by atoms with Crippen molar-refractivity contribution >= 4 is 17.5 Å². The molecule has 2 amide bonds. The van der Waals surface area contributed by atoms with E-state index in [0.717, 1.165) is 23.6 Å². The summed E-state index contributed by atoms with van der Waals surface area (Å²) in [7, 11) is 1.60. The summed E-state index contributed by atoms with van der Waals surface area (Å²) in [5.41, 5.74) is 1.86. The van der Waals surface area contributed by atoms with E-state index in [1.54, 1.807) is 24.1 Å². The topological polar surface area (TPSA) is 71.8 Å². The average Bonchev–Trinajstić information content (AvgIpc) is 3.15. The molecule has 0 spiro atoms. The molecule has 0 saturated carbocycles. The van der Waals surface area contributed by atoms with Gasteiger partial charge in [0.25, 0.3) is 5.56 Å². The van der Waals surface area contributed by atoms with Crippen LogP contribution in [0.15, 0.2) is 47.3 Å². The molecule has 3 aliphatic heterocycles. The van der Waals surface area contributed by atoms with Crippen molar-refractivity contribution in [1.29, 1.82) is 0 Å². The predicted molar refractivity (Wildman–Crippen MR) is 112 cm³/mol. The van der Waals surface area contributed by atoms with Crippen LogP contribution in [0.5, 0.6) is 5.75 Å². The Kier molecular flexibility index (Phi) is 4.60. The first-order valence-corrected chi connectivity index (χ1v) is 10.5. The number of hydrogen-bond acceptors (Lipinski definition) is 4. The van der Waals surface area contributed by atoms with Gasteiger partial charge >= 0.3 is 0 Å². The van der Waals surface area contributed by atoms with Crippen LogP contribution in [0.4, 0.5) is 5.69 Å². The van der Waals surface area contributed by atoms with E-state index < -0.39 is 0 Å². The van der Waals surface area contributed by atoms with E-state index in [2.05, 4.69) is 0 Å². The van der Waals surface area contributed by atoms with Gasteiger partial charge in [0.2, 0.25) is 11.8 Å². The second-order valence-electron chi connectivity index (χ2n) is 8.54. The van der Waals surface area contributed by atoms with E-state index in [1.165, 1.54) is 0 Å². The van der Waals surface area contributed by atoms with Crippen LogP contribution in [-0.4, -0.2) is 48.0 Å². The summed E-state index contributed by atoms with van der Waals surface area (Å²) in [6, 6.07) is 12.8. The zero-order chi connectivity index (χ0) is 20.8. The third-order valence-electron chi connectivity index (χ3n) is 6.65. The summed E-state index contributed by atoms with van der Waals surface area (Å²) < 4.78 is 7.05. The zero-order valence-corrected chi connectivity index (χ0v) is 17.0. The van der Waals surface area contributed by atoms with E-state index in [9.17, 15) is 14.4 Å². The number of hydrogen-bond donors (Lipinski definition) is 0. The maximum Gasteiger partial charge on any atom is 0.250 e. The minimum Gasteiger partial charge on any atom is -0.497 e. The van der Waals surface area contributed by atoms with Gasteiger partial charge < -0.3 is 19.1 Å². The molecule has 2 aromatic rings. The van der Waals surface area contributed by atoms with Crippen molar-refractivity contribution < 1.29 is 14.3 Å². The van der Waals surface area contributed by atoms with Gasteiger partial charge in [-0.25, -0.2) is 0 Å². The van der Waals surface area contributed by atoms with Crippen LogP contribution in [0.25, 0.3) is 0 Å². The number of aromatic nitrogens is 1. The highest BCUT2D eigenvalue weighted by Gasteiger charge is 2.41. The molecule has 0 aliphatic carbocycles. The number of pyridine rings is 1. The van der Waals surface area contributed by atoms with E-state index in [4.69, 9.17) is 4.74 Å². The smallest absolute Gasteiger partial charge is 0.250 e. The number of amides is 2. The summed E-state index contributed by atoms with van der Waals surface area (Å²) in [6.07, 6.45) is 1.25. The summed E-state index contributed by atoms with van der Waals surface area (Å²) in [5.74, 6) is 0.919. The van der Waals surface area contributed by atoms with Gasteiger partial charge in [-0.05, 0) is 42.7 Å². The lowest BCUT2D eigenvalue weighted by atomic mass is 9.82. The number of carbonyl (C=O) groups is 2. The fourth-order valence-corrected chi connectivity index (χ4v) is 5.22. The number of benzene rings is 1. The maximum absolute atomic E-state index is 13.3. The number of piperidine rings is 1. The Morgan fingerprint density at radius 2 is 1.80 bits per heavy atom. The molecule has 1 aromatic heterocycles. The fraction of sp³-hybridized carbons (Fsp3) is 0.435. The van der Waals surface area contributed by atoms with E-state index in [1.807, 2.05) is 39.8 Å². The van der Waals surface area contributed by atoms with Gasteiger partial charge in [0.15, 0.2) is 0 Å². The molecular formula is C23H25N3O4. The van der Waals surface area contributed by atoms with E-state index >= 15 is 0 Å². The van der Waals surface area contributed by atoms with Gasteiger partial charge in [-0.2, -0.15) is 0 Å². The van der Waals surface area contributed by atoms with Crippen molar-refractivity contribution in [3.63, 3.8) is 0 Å². The second kappa shape index (κ2) is 7.31. The van der Waals surface area contributed by atoms with Gasteiger partial charge in [0.1, 0.15) is 5.75 Å². The number of likely N-dealkylation sites (tertiary alicyclic amines) is 1. The number of fused-ring (bicyclic) bond motifs is 4. The van der Waals surface area contributed by atoms with Gasteiger partial charge in [0.05, 0.1) is 13.0 Å². The van der Waals surface area contributed by atoms with Crippen molar-refractivity contribution in [2.75, 3.05) is 31.6 Å². The minimum atomic E-state index is -0.323. The summed E-state index contributed by atoms with van der Waals surface area (Å²) in [6.45, 7) is 2.35. The highest BCUT2D eigenvalue weighted by molar-refractivity contribution is 6.00. The van der Waals surface area contributed by atoms with Crippen molar-refractivity contribution in [2.24, 2.45) is 11.8 Å². The molecule has 4 heterocycles. The molecule has 30 heavy (non-hydrogen) atoms. The van der Waals surface area contributed by atoms with E-state index in [0.29, 0.717) is 26.2 Å². The summed E-state index contributed by atoms with van der Waals surface area (Å²) >= 11 is 0. The molecule has 1 unspecified atom stereocenters. The van der Waals surface area contributed by atoms with Crippen molar-refractivity contribution in [3.05, 3.63) is 58.5 Å². The largest absolute Gasteiger partial charge is 0.497 e. The normalized spacial score (nSPS) is 25.2. The Labute approximate surface area is 174 Å². The Morgan fingerprint density at radius 1 is 1.00 bits per heavy atom. The molecule has 5 rings (SSSR count). The molecule has 0 radical (unpaired) electrons. The minimum absolute atomic E-state index is 0.0207. The Bertz CT molecular complexity index is 1050. The third-order valence-corrected chi connectivity index (χ3v) is 6.65. The number of rotatable bonds is 3. The quantitative estimate of drug-likeness (QED) is 0.779. The molecule has 3 atom stereocenters. The summed E-state index contributed by atoms with van der Waals surface area (Å²) in [5, 5.41) is 0. The van der Waals surface area contributed by atoms with Crippen LogP contribution < -0.4 is 15.2 Å². The van der Waals surface area contributed by atoms with Gasteiger partial charge in [-0.3, -0.25) is 14.4 Å². The van der Waals surface area contributed by atoms with Crippen LogP contribution in [0, 0.1) is 11.8 Å². The molecular weight excluding hydrogens is 382 g/mol. The Morgan fingerprint density at radius 3 is 2.57 bits per heavy atom. The summed E-state index contributed by atoms with van der Waals surface area (Å²) in [4.78, 5) is 41.7. The van der Waals surface area contributed by atoms with Gasteiger partial charge in [0, 0.05) is 56.0 Å². The molecule has 7 nitrogen and oxygen atoms in total. The second-order valence-corrected chi connectivity index (χ2v) is 8.54. The highest BCUT2D eigenvalue weighted by atomic mass is 16.5. The standard InChI is InChI=1S/C23H25N3O4/c1-30-19-7-5-18(6-8-19)25-14-17(10-22(25)28)23(29)24-11-15-9-16(13-24)20-3-2-4-21(27)26(20)12-15/h2-8,15-17H,9-14H2,1H3/t15-,16+,17?/m1/s1. The first-order chi connectivity index (χ1) is 14.5. The highest BCUT2D eigenvalue weighted by Crippen LogP contribution is 2.36. The number of carbonyl (C=O) groups excluding carboxylic acids is 2. The lowest BCUT2D eigenvalue weighted by Crippen LogP contribution is -2.50. The zero-order valence-electron chi connectivity index (χ0n) is 17.0. The maximum atomic E-state index is 13.3. The SMILES string of the molecule is COc1ccc(N2CC(C(=O)N3C[C@H]4C[C@@H](C3)c3cccc(=O)n3C4)CC2=O)cc1. The van der Waals surface area contributed by atoms with Crippen molar-refractivity contribution in [1.82, 2.24) is 9.47 Å². The molecule has 2 saturated heterocycles. The van der Waals surface area contributed by atoms with Crippen LogP contribution in [0.1, 0.15) is 24.5 Å². The fourth-order valence-electron chi connectivity index (χ4n) is 5.22. The van der Waals surface area contributed by atoms with Crippen LogP contribution >= 0.6 is 0 Å². The lowest BCUT2D eigenvalue weighted by molar-refractivity contribution is -0.138. The van der Waals surface area contributed by atoms with Gasteiger partial charge in [-0.15, -0.1) is 0 Å². The van der Waals surface area contributed by atoms with Crippen molar-refractivity contribution in [3.8, 4) is 5.75 Å². The molecule has 0 N–H and O–H groups in total.